The van der Waals surface area contributed by atoms with E-state index in [1.54, 1.807) is 12.1 Å². The molecule has 3 heterocycles. The molecule has 0 atom stereocenters. The molecule has 0 spiro atoms. The van der Waals surface area contributed by atoms with Crippen LogP contribution >= 0.6 is 0 Å². The zero-order valence-electron chi connectivity index (χ0n) is 23.5. The molecular formula is C32H39N5O2S. The zero-order chi connectivity index (χ0) is 27.7. The van der Waals surface area contributed by atoms with Gasteiger partial charge in [-0.3, -0.25) is 4.90 Å². The number of rotatable bonds is 7. The number of hydrogen-bond donors (Lipinski definition) is 1. The first kappa shape index (κ1) is 27.1. The molecule has 1 aromatic heterocycles. The first-order chi connectivity index (χ1) is 19.4. The van der Waals surface area contributed by atoms with E-state index in [9.17, 15) is 8.42 Å². The summed E-state index contributed by atoms with van der Waals surface area (Å²) < 4.78 is 28.2. The van der Waals surface area contributed by atoms with Gasteiger partial charge in [0, 0.05) is 24.5 Å². The van der Waals surface area contributed by atoms with Crippen molar-refractivity contribution in [3.05, 3.63) is 78.5 Å². The van der Waals surface area contributed by atoms with Crippen molar-refractivity contribution >= 4 is 20.7 Å². The molecule has 2 fully saturated rings. The number of nitrogens with zero attached hydrogens (tertiary/aromatic N) is 4. The molecule has 8 heteroatoms. The SMILES string of the molecule is CN(C)C1CCN(CS(=O)(=O)c2ccc(-n3ncc4c(-c5ccc(C6CCNCC6)cc5)cccc43)cc2)CC1. The molecule has 0 bridgehead atoms. The normalized spacial score (nSPS) is 18.1. The Morgan fingerprint density at radius 1 is 0.900 bits per heavy atom. The largest absolute Gasteiger partial charge is 0.317 e. The highest BCUT2D eigenvalue weighted by molar-refractivity contribution is 7.91. The number of piperidine rings is 2. The maximum Gasteiger partial charge on any atom is 0.191 e. The van der Waals surface area contributed by atoms with E-state index in [0.29, 0.717) is 16.9 Å². The predicted octanol–water partition coefficient (Wildman–Crippen LogP) is 4.92. The molecule has 0 saturated carbocycles. The van der Waals surface area contributed by atoms with Gasteiger partial charge in [0.1, 0.15) is 5.88 Å². The van der Waals surface area contributed by atoms with Crippen molar-refractivity contribution in [1.29, 1.82) is 0 Å². The third-order valence-corrected chi connectivity index (χ3v) is 10.4. The summed E-state index contributed by atoms with van der Waals surface area (Å²) in [5.41, 5.74) is 5.59. The number of sulfone groups is 1. The molecule has 0 aliphatic carbocycles. The van der Waals surface area contributed by atoms with Crippen LogP contribution in [0.3, 0.4) is 0 Å². The number of nitrogens with one attached hydrogen (secondary N) is 1. The molecule has 0 unspecified atom stereocenters. The maximum atomic E-state index is 13.2. The fourth-order valence-electron chi connectivity index (χ4n) is 6.27. The molecule has 6 rings (SSSR count). The monoisotopic (exact) mass is 557 g/mol. The minimum atomic E-state index is -3.40. The predicted molar refractivity (Wildman–Crippen MR) is 162 cm³/mol. The van der Waals surface area contributed by atoms with E-state index in [0.717, 1.165) is 61.2 Å². The van der Waals surface area contributed by atoms with Gasteiger partial charge in [-0.05, 0) is 106 Å². The van der Waals surface area contributed by atoms with Crippen molar-refractivity contribution in [2.45, 2.75) is 42.5 Å². The molecular weight excluding hydrogens is 518 g/mol. The highest BCUT2D eigenvalue weighted by Gasteiger charge is 2.25. The number of likely N-dealkylation sites (tertiary alicyclic amines) is 1. The van der Waals surface area contributed by atoms with Crippen molar-refractivity contribution in [2.75, 3.05) is 46.2 Å². The van der Waals surface area contributed by atoms with Crippen LogP contribution in [-0.4, -0.2) is 80.2 Å². The van der Waals surface area contributed by atoms with Gasteiger partial charge < -0.3 is 10.2 Å². The van der Waals surface area contributed by atoms with Gasteiger partial charge in [-0.2, -0.15) is 5.10 Å². The van der Waals surface area contributed by atoms with E-state index in [4.69, 9.17) is 5.10 Å². The topological polar surface area (TPSA) is 70.5 Å². The lowest BCUT2D eigenvalue weighted by Crippen LogP contribution is -2.43. The Balaban J connectivity index is 1.19. The van der Waals surface area contributed by atoms with Crippen LogP contribution in [0.15, 0.2) is 77.8 Å². The van der Waals surface area contributed by atoms with E-state index in [-0.39, 0.29) is 5.88 Å². The summed E-state index contributed by atoms with van der Waals surface area (Å²) in [4.78, 5) is 4.65. The smallest absolute Gasteiger partial charge is 0.191 e. The maximum absolute atomic E-state index is 13.2. The van der Waals surface area contributed by atoms with Crippen molar-refractivity contribution < 1.29 is 8.42 Å². The Hall–Kier alpha value is -3.04. The average molecular weight is 558 g/mol. The summed E-state index contributed by atoms with van der Waals surface area (Å²) >= 11 is 0. The third-order valence-electron chi connectivity index (χ3n) is 8.73. The lowest BCUT2D eigenvalue weighted by atomic mass is 9.89. The van der Waals surface area contributed by atoms with Crippen LogP contribution in [0.5, 0.6) is 0 Å². The molecule has 7 nitrogen and oxygen atoms in total. The molecule has 210 valence electrons. The van der Waals surface area contributed by atoms with Crippen molar-refractivity contribution in [3.8, 4) is 16.8 Å². The van der Waals surface area contributed by atoms with Gasteiger partial charge in [-0.25, -0.2) is 13.1 Å². The van der Waals surface area contributed by atoms with E-state index in [1.807, 2.05) is 23.0 Å². The van der Waals surface area contributed by atoms with Gasteiger partial charge >= 0.3 is 0 Å². The second-order valence-electron chi connectivity index (χ2n) is 11.5. The molecule has 0 amide bonds. The first-order valence-corrected chi connectivity index (χ1v) is 16.0. The van der Waals surface area contributed by atoms with Gasteiger partial charge in [0.2, 0.25) is 0 Å². The summed E-state index contributed by atoms with van der Waals surface area (Å²) in [6, 6.07) is 23.0. The van der Waals surface area contributed by atoms with E-state index in [2.05, 4.69) is 71.7 Å². The standard InChI is InChI=1S/C32H39N5O2S/c1-35(2)27-16-20-36(21-17-27)23-40(38,39)29-12-10-28(11-13-29)37-32-5-3-4-30(31(32)22-34-37)26-8-6-24(7-9-26)25-14-18-33-19-15-25/h3-13,22,25,27,33H,14-21,23H2,1-2H3. The Kier molecular flexibility index (Phi) is 7.77. The molecule has 2 aliphatic rings. The quantitative estimate of drug-likeness (QED) is 0.348. The molecule has 4 aromatic rings. The van der Waals surface area contributed by atoms with Gasteiger partial charge in [0.15, 0.2) is 9.84 Å². The summed E-state index contributed by atoms with van der Waals surface area (Å²) in [5, 5.41) is 9.22. The summed E-state index contributed by atoms with van der Waals surface area (Å²) in [6.07, 6.45) is 6.29. The van der Waals surface area contributed by atoms with Crippen molar-refractivity contribution in [2.24, 2.45) is 0 Å². The summed E-state index contributed by atoms with van der Waals surface area (Å²) in [6.45, 7) is 3.80. The average Bonchev–Trinajstić information content (AvgIpc) is 3.42. The van der Waals surface area contributed by atoms with Crippen LogP contribution < -0.4 is 5.32 Å². The van der Waals surface area contributed by atoms with E-state index in [1.165, 1.54) is 24.0 Å². The second-order valence-corrected chi connectivity index (χ2v) is 13.5. The lowest BCUT2D eigenvalue weighted by Gasteiger charge is -2.34. The Morgan fingerprint density at radius 3 is 2.27 bits per heavy atom. The number of aromatic nitrogens is 2. The Morgan fingerprint density at radius 2 is 1.60 bits per heavy atom. The highest BCUT2D eigenvalue weighted by atomic mass is 32.2. The lowest BCUT2D eigenvalue weighted by molar-refractivity contribution is 0.159. The van der Waals surface area contributed by atoms with Gasteiger partial charge in [-0.1, -0.05) is 36.4 Å². The van der Waals surface area contributed by atoms with Gasteiger partial charge in [0.25, 0.3) is 0 Å². The zero-order valence-corrected chi connectivity index (χ0v) is 24.3. The van der Waals surface area contributed by atoms with Crippen LogP contribution in [0.25, 0.3) is 27.7 Å². The van der Waals surface area contributed by atoms with Crippen LogP contribution in [0.4, 0.5) is 0 Å². The highest BCUT2D eigenvalue weighted by Crippen LogP contribution is 2.32. The van der Waals surface area contributed by atoms with Crippen LogP contribution in [0.2, 0.25) is 0 Å². The molecule has 0 radical (unpaired) electrons. The number of hydrogen-bond acceptors (Lipinski definition) is 6. The Bertz CT molecular complexity index is 1550. The molecule has 40 heavy (non-hydrogen) atoms. The van der Waals surface area contributed by atoms with Gasteiger partial charge in [0.05, 0.1) is 22.3 Å². The second kappa shape index (κ2) is 11.4. The minimum Gasteiger partial charge on any atom is -0.317 e. The fourth-order valence-corrected chi connectivity index (χ4v) is 7.71. The van der Waals surface area contributed by atoms with Gasteiger partial charge in [-0.15, -0.1) is 0 Å². The number of benzene rings is 3. The van der Waals surface area contributed by atoms with Crippen molar-refractivity contribution in [1.82, 2.24) is 24.9 Å². The number of fused-ring (bicyclic) bond motifs is 1. The minimum absolute atomic E-state index is 0.0664. The van der Waals surface area contributed by atoms with Crippen LogP contribution in [0.1, 0.15) is 37.2 Å². The van der Waals surface area contributed by atoms with Crippen molar-refractivity contribution in [3.63, 3.8) is 0 Å². The molecule has 1 N–H and O–H groups in total. The van der Waals surface area contributed by atoms with E-state index >= 15 is 0 Å². The molecule has 2 aliphatic heterocycles. The fraction of sp³-hybridized carbons (Fsp3) is 0.406. The first-order valence-electron chi connectivity index (χ1n) is 14.4. The summed E-state index contributed by atoms with van der Waals surface area (Å²) in [7, 11) is 0.784. The van der Waals surface area contributed by atoms with Crippen LogP contribution in [0, 0.1) is 0 Å². The van der Waals surface area contributed by atoms with Crippen LogP contribution in [-0.2, 0) is 9.84 Å². The third kappa shape index (κ3) is 5.59. The van der Waals surface area contributed by atoms with E-state index < -0.39 is 9.84 Å². The summed E-state index contributed by atoms with van der Waals surface area (Å²) in [5.74, 6) is 0.702. The molecule has 2 saturated heterocycles. The molecule has 3 aromatic carbocycles. The Labute approximate surface area is 237 Å².